The molecule has 8 heteroatoms. The van der Waals surface area contributed by atoms with Crippen LogP contribution in [0.25, 0.3) is 10.8 Å². The third-order valence-corrected chi connectivity index (χ3v) is 8.77. The zero-order chi connectivity index (χ0) is 27.7. The van der Waals surface area contributed by atoms with Crippen LogP contribution in [-0.2, 0) is 26.2 Å². The van der Waals surface area contributed by atoms with E-state index >= 15 is 0 Å². The third kappa shape index (κ3) is 5.55. The average Bonchev–Trinajstić information content (AvgIpc) is 3.07. The molecule has 0 unspecified atom stereocenters. The average molecular weight is 536 g/mol. The number of anilines is 1. The molecule has 7 nitrogen and oxygen atoms in total. The van der Waals surface area contributed by atoms with E-state index in [9.17, 15) is 18.0 Å². The van der Waals surface area contributed by atoms with Crippen LogP contribution in [0.15, 0.2) is 65.6 Å². The number of hydrogen-bond donors (Lipinski definition) is 1. The first kappa shape index (κ1) is 27.6. The smallest absolute Gasteiger partial charge is 0.265 e. The number of amides is 2. The van der Waals surface area contributed by atoms with Crippen molar-refractivity contribution in [2.45, 2.75) is 76.9 Å². The summed E-state index contributed by atoms with van der Waals surface area (Å²) in [5.41, 5.74) is 2.25. The van der Waals surface area contributed by atoms with Gasteiger partial charge in [-0.3, -0.25) is 13.9 Å². The number of hydrogen-bond acceptors (Lipinski definition) is 4. The summed E-state index contributed by atoms with van der Waals surface area (Å²) in [4.78, 5) is 28.8. The fraction of sp³-hybridized carbons (Fsp3) is 0.400. The minimum Gasteiger partial charge on any atom is -0.350 e. The van der Waals surface area contributed by atoms with Crippen molar-refractivity contribution in [3.8, 4) is 0 Å². The summed E-state index contributed by atoms with van der Waals surface area (Å²) in [5.74, 6) is -0.359. The molecule has 1 aliphatic heterocycles. The Morgan fingerprint density at radius 3 is 2.34 bits per heavy atom. The van der Waals surface area contributed by atoms with Gasteiger partial charge < -0.3 is 10.2 Å². The Bertz CT molecular complexity index is 1450. The summed E-state index contributed by atoms with van der Waals surface area (Å²) in [6.07, 6.45) is 0.935. The van der Waals surface area contributed by atoms with E-state index in [2.05, 4.69) is 5.32 Å². The van der Waals surface area contributed by atoms with Gasteiger partial charge in [-0.25, -0.2) is 8.42 Å². The Morgan fingerprint density at radius 1 is 1.00 bits per heavy atom. The minimum absolute atomic E-state index is 0.128. The molecule has 0 radical (unpaired) electrons. The molecule has 2 amide bonds. The van der Waals surface area contributed by atoms with Crippen molar-refractivity contribution >= 4 is 38.3 Å². The van der Waals surface area contributed by atoms with Crippen LogP contribution < -0.4 is 9.62 Å². The van der Waals surface area contributed by atoms with E-state index in [4.69, 9.17) is 0 Å². The minimum atomic E-state index is -3.68. The molecule has 4 rings (SSSR count). The fourth-order valence-corrected chi connectivity index (χ4v) is 6.81. The van der Waals surface area contributed by atoms with E-state index in [1.54, 1.807) is 17.0 Å². The van der Waals surface area contributed by atoms with Crippen LogP contribution >= 0.6 is 0 Å². The lowest BCUT2D eigenvalue weighted by molar-refractivity contribution is -0.142. The van der Waals surface area contributed by atoms with E-state index < -0.39 is 21.6 Å². The lowest BCUT2D eigenvalue weighted by Gasteiger charge is -2.33. The predicted molar refractivity (Wildman–Crippen MR) is 151 cm³/mol. The van der Waals surface area contributed by atoms with Gasteiger partial charge in [-0.2, -0.15) is 0 Å². The maximum absolute atomic E-state index is 13.7. The summed E-state index contributed by atoms with van der Waals surface area (Å²) >= 11 is 0. The molecule has 0 aromatic heterocycles. The van der Waals surface area contributed by atoms with E-state index in [0.717, 1.165) is 21.9 Å². The summed E-state index contributed by atoms with van der Waals surface area (Å²) in [6, 6.07) is 18.1. The van der Waals surface area contributed by atoms with Gasteiger partial charge in [-0.05, 0) is 69.2 Å². The molecule has 1 aliphatic rings. The molecule has 0 spiro atoms. The molecule has 0 saturated heterocycles. The highest BCUT2D eigenvalue weighted by atomic mass is 32.2. The molecule has 0 fully saturated rings. The van der Waals surface area contributed by atoms with Crippen molar-refractivity contribution in [2.24, 2.45) is 0 Å². The Kier molecular flexibility index (Phi) is 7.83. The van der Waals surface area contributed by atoms with Gasteiger partial charge in [0.25, 0.3) is 10.0 Å². The molecule has 0 saturated carbocycles. The summed E-state index contributed by atoms with van der Waals surface area (Å²) in [6.45, 7) is 10.1. The van der Waals surface area contributed by atoms with Crippen molar-refractivity contribution in [1.29, 1.82) is 0 Å². The normalized spacial score (nSPS) is 14.9. The fourth-order valence-electron chi connectivity index (χ4n) is 5.06. The second-order valence-corrected chi connectivity index (χ2v) is 12.8. The Labute approximate surface area is 225 Å². The van der Waals surface area contributed by atoms with Crippen molar-refractivity contribution < 1.29 is 18.0 Å². The molecule has 38 heavy (non-hydrogen) atoms. The first-order chi connectivity index (χ1) is 17.9. The standard InChI is InChI=1S/C30H37N3O4S/c1-6-24(29(35)31-30(3,4)5)32(20-23-13-8-7-12-21(23)2)27(34)18-11-19-33-25-16-9-14-22-15-10-17-26(28(22)25)38(33,36)37/h7-10,12-17,24H,6,11,18-20H2,1-5H3,(H,31,35)/t24-/m1/s1. The maximum Gasteiger partial charge on any atom is 0.265 e. The number of nitrogens with zero attached hydrogens (tertiary/aromatic N) is 2. The number of carbonyl (C=O) groups is 2. The van der Waals surface area contributed by atoms with E-state index in [1.807, 2.05) is 83.1 Å². The van der Waals surface area contributed by atoms with E-state index in [-0.39, 0.29) is 24.8 Å². The summed E-state index contributed by atoms with van der Waals surface area (Å²) in [5, 5.41) is 4.62. The van der Waals surface area contributed by atoms with Gasteiger partial charge in [0.2, 0.25) is 11.8 Å². The lowest BCUT2D eigenvalue weighted by Crippen LogP contribution is -2.53. The Hall–Kier alpha value is -3.39. The van der Waals surface area contributed by atoms with Crippen molar-refractivity contribution in [2.75, 3.05) is 10.8 Å². The highest BCUT2D eigenvalue weighted by Crippen LogP contribution is 2.42. The van der Waals surface area contributed by atoms with Gasteiger partial charge in [-0.15, -0.1) is 0 Å². The molecular weight excluding hydrogens is 498 g/mol. The molecule has 3 aromatic carbocycles. The van der Waals surface area contributed by atoms with Crippen LogP contribution in [-0.4, -0.2) is 43.3 Å². The highest BCUT2D eigenvalue weighted by molar-refractivity contribution is 7.93. The van der Waals surface area contributed by atoms with Crippen LogP contribution in [0.3, 0.4) is 0 Å². The topological polar surface area (TPSA) is 86.8 Å². The Balaban J connectivity index is 1.54. The number of aryl methyl sites for hydroxylation is 1. The first-order valence-corrected chi connectivity index (χ1v) is 14.6. The van der Waals surface area contributed by atoms with Gasteiger partial charge in [0, 0.05) is 30.4 Å². The SMILES string of the molecule is CC[C@H](C(=O)NC(C)(C)C)N(Cc1ccccc1C)C(=O)CCCN1c2cccc3cccc(c23)S1(=O)=O. The van der Waals surface area contributed by atoms with Crippen LogP contribution in [0, 0.1) is 6.92 Å². The van der Waals surface area contributed by atoms with Crippen molar-refractivity contribution in [1.82, 2.24) is 10.2 Å². The van der Waals surface area contributed by atoms with Gasteiger partial charge in [0.15, 0.2) is 0 Å². The second-order valence-electron chi connectivity index (χ2n) is 10.9. The van der Waals surface area contributed by atoms with Crippen molar-refractivity contribution in [3.05, 3.63) is 71.8 Å². The number of carbonyl (C=O) groups excluding carboxylic acids is 2. The maximum atomic E-state index is 13.7. The molecule has 0 bridgehead atoms. The van der Waals surface area contributed by atoms with Gasteiger partial charge >= 0.3 is 0 Å². The highest BCUT2D eigenvalue weighted by Gasteiger charge is 2.36. The van der Waals surface area contributed by atoms with Gasteiger partial charge in [0.05, 0.1) is 10.6 Å². The molecule has 1 atom stereocenters. The molecule has 3 aromatic rings. The second kappa shape index (κ2) is 10.8. The largest absolute Gasteiger partial charge is 0.350 e. The van der Waals surface area contributed by atoms with E-state index in [0.29, 0.717) is 30.0 Å². The van der Waals surface area contributed by atoms with Crippen LogP contribution in [0.4, 0.5) is 5.69 Å². The number of benzene rings is 3. The molecule has 1 heterocycles. The zero-order valence-electron chi connectivity index (χ0n) is 22.8. The third-order valence-electron chi connectivity index (χ3n) is 6.92. The number of rotatable bonds is 9. The zero-order valence-corrected chi connectivity index (χ0v) is 23.6. The van der Waals surface area contributed by atoms with Crippen LogP contribution in [0.2, 0.25) is 0 Å². The molecular formula is C30H37N3O4S. The van der Waals surface area contributed by atoms with Crippen LogP contribution in [0.5, 0.6) is 0 Å². The Morgan fingerprint density at radius 2 is 1.68 bits per heavy atom. The van der Waals surface area contributed by atoms with Gasteiger partial charge in [0.1, 0.15) is 6.04 Å². The lowest BCUT2D eigenvalue weighted by atomic mass is 10.0. The number of sulfonamides is 1. The summed E-state index contributed by atoms with van der Waals surface area (Å²) < 4.78 is 28.0. The van der Waals surface area contributed by atoms with Crippen LogP contribution in [0.1, 0.15) is 58.1 Å². The molecule has 1 N–H and O–H groups in total. The van der Waals surface area contributed by atoms with Crippen molar-refractivity contribution in [3.63, 3.8) is 0 Å². The number of nitrogens with one attached hydrogen (secondary N) is 1. The first-order valence-electron chi connectivity index (χ1n) is 13.1. The molecule has 0 aliphatic carbocycles. The predicted octanol–water partition coefficient (Wildman–Crippen LogP) is 5.16. The monoisotopic (exact) mass is 535 g/mol. The quantitative estimate of drug-likeness (QED) is 0.410. The summed E-state index contributed by atoms with van der Waals surface area (Å²) in [7, 11) is -3.68. The van der Waals surface area contributed by atoms with Gasteiger partial charge in [-0.1, -0.05) is 55.5 Å². The molecule has 202 valence electrons. The van der Waals surface area contributed by atoms with E-state index in [1.165, 1.54) is 4.31 Å².